The molecule has 5 heteroatoms. The third-order valence-electron chi connectivity index (χ3n) is 3.07. The molecule has 1 saturated heterocycles. The molecule has 1 aliphatic heterocycles. The van der Waals surface area contributed by atoms with Crippen LogP contribution in [0.15, 0.2) is 24.3 Å². The van der Waals surface area contributed by atoms with Gasteiger partial charge in [-0.15, -0.1) is 0 Å². The van der Waals surface area contributed by atoms with E-state index in [4.69, 9.17) is 21.1 Å². The van der Waals surface area contributed by atoms with E-state index in [9.17, 15) is 5.11 Å². The van der Waals surface area contributed by atoms with Crippen LogP contribution in [-0.2, 0) is 4.74 Å². The molecule has 0 saturated carbocycles. The standard InChI is InChI=1S/C14H20ClNO3/c1-14(9-18-10-14)8-16-6-12(17)7-19-13-4-2-3-11(15)5-13/h2-5,12,16-17H,6-10H2,1H3. The van der Waals surface area contributed by atoms with Crippen LogP contribution < -0.4 is 10.1 Å². The third-order valence-corrected chi connectivity index (χ3v) is 3.31. The van der Waals surface area contributed by atoms with Gasteiger partial charge in [0.1, 0.15) is 18.5 Å². The van der Waals surface area contributed by atoms with Gasteiger partial charge in [-0.2, -0.15) is 0 Å². The lowest BCUT2D eigenvalue weighted by Crippen LogP contribution is -2.48. The number of aliphatic hydroxyl groups is 1. The maximum atomic E-state index is 9.82. The Morgan fingerprint density at radius 1 is 1.53 bits per heavy atom. The van der Waals surface area contributed by atoms with Gasteiger partial charge in [0, 0.05) is 23.5 Å². The van der Waals surface area contributed by atoms with Gasteiger partial charge in [0.2, 0.25) is 0 Å². The average Bonchev–Trinajstić information content (AvgIpc) is 2.34. The van der Waals surface area contributed by atoms with Crippen LogP contribution in [0, 0.1) is 5.41 Å². The molecule has 1 atom stereocenters. The van der Waals surface area contributed by atoms with Gasteiger partial charge in [0.05, 0.1) is 13.2 Å². The molecule has 1 aromatic rings. The first kappa shape index (κ1) is 14.6. The maximum absolute atomic E-state index is 9.82. The van der Waals surface area contributed by atoms with Gasteiger partial charge in [-0.1, -0.05) is 24.6 Å². The topological polar surface area (TPSA) is 50.7 Å². The number of ether oxygens (including phenoxy) is 2. The zero-order valence-electron chi connectivity index (χ0n) is 11.1. The molecule has 1 unspecified atom stereocenters. The number of hydrogen-bond donors (Lipinski definition) is 2. The van der Waals surface area contributed by atoms with Crippen LogP contribution in [0.3, 0.4) is 0 Å². The second kappa shape index (κ2) is 6.57. The SMILES string of the molecule is CC1(CNCC(O)COc2cccc(Cl)c2)COC1. The highest BCUT2D eigenvalue weighted by Gasteiger charge is 2.32. The Balaban J connectivity index is 1.63. The minimum Gasteiger partial charge on any atom is -0.491 e. The summed E-state index contributed by atoms with van der Waals surface area (Å²) in [7, 11) is 0. The third kappa shape index (κ3) is 4.66. The fourth-order valence-electron chi connectivity index (χ4n) is 1.90. The Labute approximate surface area is 118 Å². The highest BCUT2D eigenvalue weighted by atomic mass is 35.5. The first-order valence-electron chi connectivity index (χ1n) is 6.42. The fraction of sp³-hybridized carbons (Fsp3) is 0.571. The Morgan fingerprint density at radius 3 is 2.95 bits per heavy atom. The van der Waals surface area contributed by atoms with Crippen molar-refractivity contribution in [2.45, 2.75) is 13.0 Å². The number of aliphatic hydroxyl groups excluding tert-OH is 1. The normalized spacial score (nSPS) is 18.7. The van der Waals surface area contributed by atoms with E-state index in [1.807, 2.05) is 12.1 Å². The van der Waals surface area contributed by atoms with Gasteiger partial charge in [-0.3, -0.25) is 0 Å². The van der Waals surface area contributed by atoms with E-state index >= 15 is 0 Å². The lowest BCUT2D eigenvalue weighted by molar-refractivity contribution is -0.0997. The zero-order valence-corrected chi connectivity index (χ0v) is 11.8. The van der Waals surface area contributed by atoms with Crippen LogP contribution in [0.4, 0.5) is 0 Å². The molecule has 1 heterocycles. The predicted molar refractivity (Wildman–Crippen MR) is 74.7 cm³/mol. The largest absolute Gasteiger partial charge is 0.491 e. The molecule has 1 aromatic carbocycles. The van der Waals surface area contributed by atoms with Crippen LogP contribution in [0.1, 0.15) is 6.92 Å². The van der Waals surface area contributed by atoms with Crippen molar-refractivity contribution in [1.29, 1.82) is 0 Å². The first-order chi connectivity index (χ1) is 9.07. The summed E-state index contributed by atoms with van der Waals surface area (Å²) in [5.74, 6) is 0.672. The first-order valence-corrected chi connectivity index (χ1v) is 6.80. The summed E-state index contributed by atoms with van der Waals surface area (Å²) < 4.78 is 10.6. The smallest absolute Gasteiger partial charge is 0.120 e. The molecule has 0 aromatic heterocycles. The molecular formula is C14H20ClNO3. The number of nitrogens with one attached hydrogen (secondary N) is 1. The molecule has 2 rings (SSSR count). The van der Waals surface area contributed by atoms with E-state index in [-0.39, 0.29) is 12.0 Å². The monoisotopic (exact) mass is 285 g/mol. The second-order valence-electron chi connectivity index (χ2n) is 5.36. The summed E-state index contributed by atoms with van der Waals surface area (Å²) in [5.41, 5.74) is 0.216. The minimum absolute atomic E-state index is 0.216. The summed E-state index contributed by atoms with van der Waals surface area (Å²) in [6.07, 6.45) is -0.538. The lowest BCUT2D eigenvalue weighted by Gasteiger charge is -2.38. The van der Waals surface area contributed by atoms with Crippen molar-refractivity contribution in [3.63, 3.8) is 0 Å². The number of benzene rings is 1. The summed E-state index contributed by atoms with van der Waals surface area (Å²) in [6.45, 7) is 5.35. The van der Waals surface area contributed by atoms with Crippen LogP contribution in [0.2, 0.25) is 5.02 Å². The van der Waals surface area contributed by atoms with E-state index in [0.717, 1.165) is 19.8 Å². The summed E-state index contributed by atoms with van der Waals surface area (Å²) in [6, 6.07) is 7.15. The summed E-state index contributed by atoms with van der Waals surface area (Å²) in [5, 5.41) is 13.7. The molecule has 0 bridgehead atoms. The molecule has 1 fully saturated rings. The Hall–Kier alpha value is -0.810. The summed E-state index contributed by atoms with van der Waals surface area (Å²) >= 11 is 5.85. The number of rotatable bonds is 7. The second-order valence-corrected chi connectivity index (χ2v) is 5.79. The summed E-state index contributed by atoms with van der Waals surface area (Å²) in [4.78, 5) is 0. The van der Waals surface area contributed by atoms with Crippen molar-refractivity contribution >= 4 is 11.6 Å². The predicted octanol–water partition coefficient (Wildman–Crippen LogP) is 1.71. The highest BCUT2D eigenvalue weighted by Crippen LogP contribution is 2.24. The van der Waals surface area contributed by atoms with Crippen molar-refractivity contribution in [1.82, 2.24) is 5.32 Å². The molecule has 0 spiro atoms. The highest BCUT2D eigenvalue weighted by molar-refractivity contribution is 6.30. The van der Waals surface area contributed by atoms with Crippen molar-refractivity contribution < 1.29 is 14.6 Å². The van der Waals surface area contributed by atoms with E-state index < -0.39 is 6.10 Å². The van der Waals surface area contributed by atoms with Gasteiger partial charge >= 0.3 is 0 Å². The van der Waals surface area contributed by atoms with Crippen LogP contribution in [-0.4, -0.2) is 44.1 Å². The molecule has 2 N–H and O–H groups in total. The van der Waals surface area contributed by atoms with Gasteiger partial charge < -0.3 is 19.9 Å². The van der Waals surface area contributed by atoms with Gasteiger partial charge in [-0.25, -0.2) is 0 Å². The number of hydrogen-bond acceptors (Lipinski definition) is 4. The molecule has 0 aliphatic carbocycles. The van der Waals surface area contributed by atoms with Crippen LogP contribution >= 0.6 is 11.6 Å². The fourth-order valence-corrected chi connectivity index (χ4v) is 2.08. The molecule has 19 heavy (non-hydrogen) atoms. The Morgan fingerprint density at radius 2 is 2.32 bits per heavy atom. The van der Waals surface area contributed by atoms with Crippen LogP contribution in [0.5, 0.6) is 5.75 Å². The molecule has 0 amide bonds. The minimum atomic E-state index is -0.538. The van der Waals surface area contributed by atoms with Crippen molar-refractivity contribution in [2.24, 2.45) is 5.41 Å². The Kier molecular flexibility index (Phi) is 5.05. The van der Waals surface area contributed by atoms with Crippen molar-refractivity contribution in [3.05, 3.63) is 29.3 Å². The molecule has 4 nitrogen and oxygen atoms in total. The van der Waals surface area contributed by atoms with E-state index in [1.54, 1.807) is 12.1 Å². The average molecular weight is 286 g/mol. The molecule has 0 radical (unpaired) electrons. The maximum Gasteiger partial charge on any atom is 0.120 e. The quantitative estimate of drug-likeness (QED) is 0.801. The van der Waals surface area contributed by atoms with Crippen molar-refractivity contribution in [2.75, 3.05) is 32.9 Å². The molecule has 1 aliphatic rings. The van der Waals surface area contributed by atoms with Crippen LogP contribution in [0.25, 0.3) is 0 Å². The van der Waals surface area contributed by atoms with E-state index in [2.05, 4.69) is 12.2 Å². The van der Waals surface area contributed by atoms with E-state index in [0.29, 0.717) is 17.3 Å². The van der Waals surface area contributed by atoms with E-state index in [1.165, 1.54) is 0 Å². The van der Waals surface area contributed by atoms with Gasteiger partial charge in [-0.05, 0) is 18.2 Å². The number of halogens is 1. The molecule has 106 valence electrons. The van der Waals surface area contributed by atoms with Crippen molar-refractivity contribution in [3.8, 4) is 5.75 Å². The lowest BCUT2D eigenvalue weighted by atomic mass is 9.89. The Bertz CT molecular complexity index is 409. The molecular weight excluding hydrogens is 266 g/mol. The zero-order chi connectivity index (χ0) is 13.7. The van der Waals surface area contributed by atoms with Gasteiger partial charge in [0.25, 0.3) is 0 Å². The van der Waals surface area contributed by atoms with Gasteiger partial charge in [0.15, 0.2) is 0 Å².